The maximum absolute atomic E-state index is 10.6. The predicted molar refractivity (Wildman–Crippen MR) is 131 cm³/mol. The Balaban J connectivity index is 1.89. The second kappa shape index (κ2) is 8.80. The molecule has 0 aliphatic heterocycles. The van der Waals surface area contributed by atoms with Crippen LogP contribution in [0.5, 0.6) is 5.75 Å². The van der Waals surface area contributed by atoms with Crippen molar-refractivity contribution >= 4 is 34.8 Å². The van der Waals surface area contributed by atoms with Gasteiger partial charge in [0.25, 0.3) is 0 Å². The average Bonchev–Trinajstić information content (AvgIpc) is 3.19. The molecule has 0 aliphatic rings. The van der Waals surface area contributed by atoms with Gasteiger partial charge in [0.2, 0.25) is 0 Å². The van der Waals surface area contributed by atoms with Crippen molar-refractivity contribution < 1.29 is 9.84 Å². The van der Waals surface area contributed by atoms with Gasteiger partial charge in [-0.25, -0.2) is 4.98 Å². The zero-order valence-corrected chi connectivity index (χ0v) is 20.0. The van der Waals surface area contributed by atoms with Gasteiger partial charge in [-0.2, -0.15) is 0 Å². The highest BCUT2D eigenvalue weighted by atomic mass is 35.5. The molecule has 1 N–H and O–H groups in total. The maximum atomic E-state index is 10.6. The number of aliphatic hydroxyl groups is 1. The third-order valence-corrected chi connectivity index (χ3v) is 6.06. The molecule has 4 nitrogen and oxygen atoms in total. The number of rotatable bonds is 5. The van der Waals surface area contributed by atoms with Crippen LogP contribution < -0.4 is 4.74 Å². The quantitative estimate of drug-likeness (QED) is 0.319. The number of nitrogens with zero attached hydrogens (tertiary/aromatic N) is 2. The third-order valence-electron chi connectivity index (χ3n) is 5.13. The minimum absolute atomic E-state index is 0.454. The predicted octanol–water partition coefficient (Wildman–Crippen LogP) is 7.40. The molecule has 0 spiro atoms. The van der Waals surface area contributed by atoms with Crippen molar-refractivity contribution in [3.63, 3.8) is 0 Å². The van der Waals surface area contributed by atoms with Crippen LogP contribution in [0.2, 0.25) is 15.1 Å². The van der Waals surface area contributed by atoms with Gasteiger partial charge in [-0.1, -0.05) is 59.1 Å². The van der Waals surface area contributed by atoms with Crippen LogP contribution in [0.15, 0.2) is 66.9 Å². The number of ether oxygens (including phenoxy) is 1. The van der Waals surface area contributed by atoms with E-state index in [1.54, 1.807) is 49.9 Å². The lowest BCUT2D eigenvalue weighted by molar-refractivity contribution is 0.0743. The van der Waals surface area contributed by atoms with Crippen LogP contribution in [0.25, 0.3) is 28.2 Å². The first-order valence-electron chi connectivity index (χ1n) is 9.90. The van der Waals surface area contributed by atoms with E-state index in [0.29, 0.717) is 37.8 Å². The lowest BCUT2D eigenvalue weighted by Crippen LogP contribution is -2.15. The summed E-state index contributed by atoms with van der Waals surface area (Å²) in [7, 11) is 1.63. The normalized spacial score (nSPS) is 11.6. The van der Waals surface area contributed by atoms with Gasteiger partial charge in [-0.3, -0.25) is 4.57 Å². The standard InChI is InChI=1S/C25H21Cl3N2O2/c1-25(2,31)22-14-30(24(29-22)23-18(26)8-5-9-19(23)27)21-11-10-16(13-20(21)28)15-6-4-7-17(12-15)32-3/h4-14,31H,1-3H3. The van der Waals surface area contributed by atoms with Crippen LogP contribution in [-0.4, -0.2) is 21.8 Å². The number of hydrogen-bond donors (Lipinski definition) is 1. The second-order valence-corrected chi connectivity index (χ2v) is 9.10. The lowest BCUT2D eigenvalue weighted by atomic mass is 10.0. The molecule has 1 aromatic heterocycles. The maximum Gasteiger partial charge on any atom is 0.148 e. The van der Waals surface area contributed by atoms with E-state index in [1.165, 1.54) is 0 Å². The van der Waals surface area contributed by atoms with E-state index in [2.05, 4.69) is 4.98 Å². The molecular weight excluding hydrogens is 467 g/mol. The summed E-state index contributed by atoms with van der Waals surface area (Å²) in [5, 5.41) is 12.0. The number of benzene rings is 3. The van der Waals surface area contributed by atoms with Crippen molar-refractivity contribution in [3.05, 3.63) is 87.6 Å². The summed E-state index contributed by atoms with van der Waals surface area (Å²) in [5.74, 6) is 1.26. The molecule has 0 radical (unpaired) electrons. The first-order chi connectivity index (χ1) is 15.2. The van der Waals surface area contributed by atoms with Crippen molar-refractivity contribution in [2.45, 2.75) is 19.4 Å². The van der Waals surface area contributed by atoms with Crippen LogP contribution in [0, 0.1) is 0 Å². The molecular formula is C25H21Cl3N2O2. The van der Waals surface area contributed by atoms with E-state index in [4.69, 9.17) is 39.5 Å². The summed E-state index contributed by atoms with van der Waals surface area (Å²) in [6.07, 6.45) is 1.75. The van der Waals surface area contributed by atoms with E-state index >= 15 is 0 Å². The van der Waals surface area contributed by atoms with Crippen molar-refractivity contribution in [1.82, 2.24) is 9.55 Å². The average molecular weight is 488 g/mol. The Kier molecular flexibility index (Phi) is 6.24. The lowest BCUT2D eigenvalue weighted by Gasteiger charge is -2.14. The Bertz CT molecular complexity index is 1270. The Labute approximate surface area is 202 Å². The molecule has 0 saturated heterocycles. The number of methoxy groups -OCH3 is 1. The number of halogens is 3. The van der Waals surface area contributed by atoms with Crippen molar-refractivity contribution in [2.75, 3.05) is 7.11 Å². The summed E-state index contributed by atoms with van der Waals surface area (Å²) in [6.45, 7) is 3.34. The van der Waals surface area contributed by atoms with Gasteiger partial charge in [0.15, 0.2) is 0 Å². The minimum Gasteiger partial charge on any atom is -0.497 e. The molecule has 164 valence electrons. The summed E-state index contributed by atoms with van der Waals surface area (Å²) in [4.78, 5) is 4.66. The molecule has 0 bridgehead atoms. The molecule has 3 aromatic carbocycles. The van der Waals surface area contributed by atoms with Gasteiger partial charge in [0.1, 0.15) is 17.2 Å². The Morgan fingerprint density at radius 1 is 0.875 bits per heavy atom. The highest BCUT2D eigenvalue weighted by molar-refractivity contribution is 6.39. The van der Waals surface area contributed by atoms with E-state index in [1.807, 2.05) is 42.5 Å². The van der Waals surface area contributed by atoms with E-state index in [-0.39, 0.29) is 0 Å². The molecule has 4 rings (SSSR count). The highest BCUT2D eigenvalue weighted by Crippen LogP contribution is 2.38. The van der Waals surface area contributed by atoms with Crippen LogP contribution >= 0.6 is 34.8 Å². The van der Waals surface area contributed by atoms with Crippen LogP contribution in [-0.2, 0) is 5.60 Å². The Morgan fingerprint density at radius 2 is 1.53 bits per heavy atom. The highest BCUT2D eigenvalue weighted by Gasteiger charge is 2.25. The molecule has 32 heavy (non-hydrogen) atoms. The molecule has 4 aromatic rings. The molecule has 0 atom stereocenters. The molecule has 0 saturated carbocycles. The van der Waals surface area contributed by atoms with Gasteiger partial charge >= 0.3 is 0 Å². The van der Waals surface area contributed by atoms with Crippen molar-refractivity contribution in [1.29, 1.82) is 0 Å². The summed E-state index contributed by atoms with van der Waals surface area (Å²) in [6, 6.07) is 18.8. The molecule has 0 fully saturated rings. The molecule has 0 aliphatic carbocycles. The van der Waals surface area contributed by atoms with Crippen molar-refractivity contribution in [3.8, 4) is 34.0 Å². The number of aromatic nitrogens is 2. The van der Waals surface area contributed by atoms with E-state index in [0.717, 1.165) is 16.9 Å². The Morgan fingerprint density at radius 3 is 2.16 bits per heavy atom. The minimum atomic E-state index is -1.17. The van der Waals surface area contributed by atoms with Crippen LogP contribution in [0.3, 0.4) is 0 Å². The van der Waals surface area contributed by atoms with Gasteiger partial charge in [-0.05, 0) is 61.4 Å². The molecule has 0 unspecified atom stereocenters. The molecule has 7 heteroatoms. The molecule has 0 amide bonds. The zero-order valence-electron chi connectivity index (χ0n) is 17.7. The topological polar surface area (TPSA) is 47.3 Å². The largest absolute Gasteiger partial charge is 0.497 e. The number of hydrogen-bond acceptors (Lipinski definition) is 3. The summed E-state index contributed by atoms with van der Waals surface area (Å²) < 4.78 is 7.13. The van der Waals surface area contributed by atoms with E-state index in [9.17, 15) is 5.11 Å². The van der Waals surface area contributed by atoms with Gasteiger partial charge in [0, 0.05) is 6.20 Å². The smallest absolute Gasteiger partial charge is 0.148 e. The van der Waals surface area contributed by atoms with Gasteiger partial charge in [0.05, 0.1) is 39.1 Å². The fraction of sp³-hybridized carbons (Fsp3) is 0.160. The second-order valence-electron chi connectivity index (χ2n) is 7.87. The molecule has 1 heterocycles. The van der Waals surface area contributed by atoms with Crippen LogP contribution in [0.4, 0.5) is 0 Å². The third kappa shape index (κ3) is 4.37. The summed E-state index contributed by atoms with van der Waals surface area (Å²) >= 11 is 19.7. The zero-order chi connectivity index (χ0) is 23.0. The van der Waals surface area contributed by atoms with Crippen LogP contribution in [0.1, 0.15) is 19.5 Å². The Hall–Kier alpha value is -2.50. The van der Waals surface area contributed by atoms with Crippen molar-refractivity contribution in [2.24, 2.45) is 0 Å². The SMILES string of the molecule is COc1cccc(-c2ccc(-n3cc(C(C)(C)O)nc3-c3c(Cl)cccc3Cl)c(Cl)c2)c1. The summed E-state index contributed by atoms with van der Waals surface area (Å²) in [5.41, 5.74) is 2.48. The fourth-order valence-corrected chi connectivity index (χ4v) is 4.27. The number of imidazole rings is 1. The van der Waals surface area contributed by atoms with E-state index < -0.39 is 5.60 Å². The first-order valence-corrected chi connectivity index (χ1v) is 11.0. The van der Waals surface area contributed by atoms with Gasteiger partial charge in [-0.15, -0.1) is 0 Å². The van der Waals surface area contributed by atoms with Gasteiger partial charge < -0.3 is 9.84 Å². The first kappa shape index (κ1) is 22.7. The monoisotopic (exact) mass is 486 g/mol. The fourth-order valence-electron chi connectivity index (χ4n) is 3.43.